The van der Waals surface area contributed by atoms with E-state index in [9.17, 15) is 4.79 Å². The minimum Gasteiger partial charge on any atom is -0.327 e. The first-order valence-corrected chi connectivity index (χ1v) is 7.07. The predicted octanol–water partition coefficient (Wildman–Crippen LogP) is 2.75. The molecule has 0 aromatic heterocycles. The van der Waals surface area contributed by atoms with Crippen LogP contribution < -0.4 is 11.1 Å². The zero-order valence-corrected chi connectivity index (χ0v) is 11.8. The summed E-state index contributed by atoms with van der Waals surface area (Å²) in [6.07, 6.45) is 4.13. The Morgan fingerprint density at radius 1 is 1.29 bits per heavy atom. The fourth-order valence-corrected chi connectivity index (χ4v) is 2.80. The minimum atomic E-state index is -0.0280. The van der Waals surface area contributed by atoms with E-state index in [1.54, 1.807) is 0 Å². The Labute approximate surface area is 115 Å². The van der Waals surface area contributed by atoms with Crippen LogP contribution in [-0.4, -0.2) is 11.9 Å². The normalized spacial score (nSPS) is 24.4. The number of carbonyl (C=O) groups excluding carboxylic acids is 1. The number of nitrogens with two attached hydrogens (primary N) is 1. The van der Waals surface area contributed by atoms with E-state index < -0.39 is 0 Å². The van der Waals surface area contributed by atoms with E-state index in [0.717, 1.165) is 34.9 Å². The molecule has 1 aliphatic rings. The van der Waals surface area contributed by atoms with Crippen molar-refractivity contribution in [2.45, 2.75) is 31.7 Å². The van der Waals surface area contributed by atoms with Gasteiger partial charge in [0.1, 0.15) is 0 Å². The van der Waals surface area contributed by atoms with Crippen LogP contribution in [0.3, 0.4) is 0 Å². The molecule has 3 nitrogen and oxygen atoms in total. The second kappa shape index (κ2) is 5.82. The lowest BCUT2D eigenvalue weighted by Crippen LogP contribution is -2.40. The Bertz CT molecular complexity index is 408. The third-order valence-electron chi connectivity index (χ3n) is 3.29. The van der Waals surface area contributed by atoms with E-state index in [4.69, 9.17) is 5.73 Å². The summed E-state index contributed by atoms with van der Waals surface area (Å²) in [7, 11) is 0. The Kier molecular flexibility index (Phi) is 4.39. The molecule has 2 unspecified atom stereocenters. The number of hydrogen-bond donors (Lipinski definition) is 2. The summed E-state index contributed by atoms with van der Waals surface area (Å²) in [6.45, 7) is 0. The van der Waals surface area contributed by atoms with Crippen molar-refractivity contribution in [3.63, 3.8) is 0 Å². The Morgan fingerprint density at radius 3 is 2.71 bits per heavy atom. The number of rotatable bonds is 2. The van der Waals surface area contributed by atoms with Crippen molar-refractivity contribution < 1.29 is 4.79 Å². The Balaban J connectivity index is 2.03. The summed E-state index contributed by atoms with van der Waals surface area (Å²) in [5.74, 6) is 0.0427. The molecule has 0 radical (unpaired) electrons. The van der Waals surface area contributed by atoms with E-state index in [0.29, 0.717) is 0 Å². The number of hydrogen-bond acceptors (Lipinski definition) is 2. The smallest absolute Gasteiger partial charge is 0.229 e. The molecular formula is C13H17IN2O. The standard InChI is InChI=1S/C13H17IN2O/c14-10-6-2-4-8-12(10)16-13(17)9-5-1-3-7-11(9)15/h2,4,6,8-9,11H,1,3,5,7,15H2,(H,16,17). The highest BCUT2D eigenvalue weighted by molar-refractivity contribution is 14.1. The number of para-hydroxylation sites is 1. The number of nitrogens with one attached hydrogen (secondary N) is 1. The van der Waals surface area contributed by atoms with Crippen molar-refractivity contribution in [1.82, 2.24) is 0 Å². The van der Waals surface area contributed by atoms with Gasteiger partial charge >= 0.3 is 0 Å². The van der Waals surface area contributed by atoms with Crippen LogP contribution in [0.5, 0.6) is 0 Å². The first-order valence-electron chi connectivity index (χ1n) is 5.99. The summed E-state index contributed by atoms with van der Waals surface area (Å²) in [6, 6.07) is 7.82. The molecular weight excluding hydrogens is 327 g/mol. The molecule has 1 aromatic rings. The average molecular weight is 344 g/mol. The van der Waals surface area contributed by atoms with Gasteiger partial charge in [0.2, 0.25) is 5.91 Å². The Hall–Kier alpha value is -0.620. The fourth-order valence-electron chi connectivity index (χ4n) is 2.27. The van der Waals surface area contributed by atoms with E-state index in [2.05, 4.69) is 27.9 Å². The van der Waals surface area contributed by atoms with Crippen molar-refractivity contribution in [3.8, 4) is 0 Å². The van der Waals surface area contributed by atoms with Crippen LogP contribution in [0.15, 0.2) is 24.3 Å². The highest BCUT2D eigenvalue weighted by Crippen LogP contribution is 2.25. The summed E-state index contributed by atoms with van der Waals surface area (Å²) in [5, 5.41) is 2.98. The molecule has 2 rings (SSSR count). The second-order valence-electron chi connectivity index (χ2n) is 4.52. The summed E-state index contributed by atoms with van der Waals surface area (Å²) in [4.78, 5) is 12.1. The largest absolute Gasteiger partial charge is 0.327 e. The van der Waals surface area contributed by atoms with Gasteiger partial charge in [-0.3, -0.25) is 4.79 Å². The van der Waals surface area contributed by atoms with E-state index >= 15 is 0 Å². The van der Waals surface area contributed by atoms with Gasteiger partial charge in [0.25, 0.3) is 0 Å². The maximum atomic E-state index is 12.1. The van der Waals surface area contributed by atoms with Crippen LogP contribution in [0.4, 0.5) is 5.69 Å². The van der Waals surface area contributed by atoms with Gasteiger partial charge in [-0.1, -0.05) is 25.0 Å². The van der Waals surface area contributed by atoms with Gasteiger partial charge in [0.05, 0.1) is 11.6 Å². The topological polar surface area (TPSA) is 55.1 Å². The van der Waals surface area contributed by atoms with Gasteiger partial charge in [0.15, 0.2) is 0 Å². The maximum Gasteiger partial charge on any atom is 0.229 e. The molecule has 4 heteroatoms. The molecule has 0 spiro atoms. The van der Waals surface area contributed by atoms with Crippen molar-refractivity contribution >= 4 is 34.2 Å². The van der Waals surface area contributed by atoms with Crippen molar-refractivity contribution in [1.29, 1.82) is 0 Å². The first kappa shape index (κ1) is 12.8. The zero-order chi connectivity index (χ0) is 12.3. The van der Waals surface area contributed by atoms with Gasteiger partial charge in [-0.05, 0) is 47.6 Å². The van der Waals surface area contributed by atoms with E-state index in [1.807, 2.05) is 24.3 Å². The molecule has 1 aliphatic carbocycles. The first-order chi connectivity index (χ1) is 8.18. The monoisotopic (exact) mass is 344 g/mol. The van der Waals surface area contributed by atoms with E-state index in [1.165, 1.54) is 0 Å². The SMILES string of the molecule is NC1CCCCC1C(=O)Nc1ccccc1I. The highest BCUT2D eigenvalue weighted by atomic mass is 127. The quantitative estimate of drug-likeness (QED) is 0.811. The van der Waals surface area contributed by atoms with Crippen LogP contribution in [0.1, 0.15) is 25.7 Å². The predicted molar refractivity (Wildman–Crippen MR) is 77.7 cm³/mol. The van der Waals surface area contributed by atoms with Gasteiger partial charge in [-0.25, -0.2) is 0 Å². The van der Waals surface area contributed by atoms with Gasteiger partial charge in [0, 0.05) is 9.61 Å². The van der Waals surface area contributed by atoms with E-state index in [-0.39, 0.29) is 17.9 Å². The van der Waals surface area contributed by atoms with Crippen LogP contribution in [0, 0.1) is 9.49 Å². The van der Waals surface area contributed by atoms with Crippen LogP contribution in [0.25, 0.3) is 0 Å². The molecule has 0 bridgehead atoms. The van der Waals surface area contributed by atoms with Crippen molar-refractivity contribution in [2.75, 3.05) is 5.32 Å². The average Bonchev–Trinajstić information content (AvgIpc) is 2.32. The molecule has 0 saturated heterocycles. The minimum absolute atomic E-state index is 0.0186. The lowest BCUT2D eigenvalue weighted by molar-refractivity contribution is -0.121. The van der Waals surface area contributed by atoms with Crippen molar-refractivity contribution in [3.05, 3.63) is 27.8 Å². The van der Waals surface area contributed by atoms with Gasteiger partial charge in [-0.2, -0.15) is 0 Å². The van der Waals surface area contributed by atoms with Gasteiger partial charge < -0.3 is 11.1 Å². The third kappa shape index (κ3) is 3.19. The number of benzene rings is 1. The lowest BCUT2D eigenvalue weighted by Gasteiger charge is -2.27. The second-order valence-corrected chi connectivity index (χ2v) is 5.69. The molecule has 0 aliphatic heterocycles. The zero-order valence-electron chi connectivity index (χ0n) is 9.66. The molecule has 92 valence electrons. The number of halogens is 1. The summed E-state index contributed by atoms with van der Waals surface area (Å²) >= 11 is 2.22. The number of carbonyl (C=O) groups is 1. The molecule has 1 aromatic carbocycles. The molecule has 2 atom stereocenters. The molecule has 3 N–H and O–H groups in total. The molecule has 1 fully saturated rings. The Morgan fingerprint density at radius 2 is 2.00 bits per heavy atom. The number of anilines is 1. The molecule has 17 heavy (non-hydrogen) atoms. The lowest BCUT2D eigenvalue weighted by atomic mass is 9.84. The fraction of sp³-hybridized carbons (Fsp3) is 0.462. The number of amides is 1. The van der Waals surface area contributed by atoms with Gasteiger partial charge in [-0.15, -0.1) is 0 Å². The highest BCUT2D eigenvalue weighted by Gasteiger charge is 2.28. The summed E-state index contributed by atoms with van der Waals surface area (Å²) in [5.41, 5.74) is 6.89. The third-order valence-corrected chi connectivity index (χ3v) is 4.23. The van der Waals surface area contributed by atoms with Crippen LogP contribution in [-0.2, 0) is 4.79 Å². The summed E-state index contributed by atoms with van der Waals surface area (Å²) < 4.78 is 1.06. The van der Waals surface area contributed by atoms with Crippen LogP contribution in [0.2, 0.25) is 0 Å². The van der Waals surface area contributed by atoms with Crippen LogP contribution >= 0.6 is 22.6 Å². The molecule has 1 saturated carbocycles. The molecule has 1 amide bonds. The van der Waals surface area contributed by atoms with Crippen molar-refractivity contribution in [2.24, 2.45) is 11.7 Å². The molecule has 0 heterocycles. The maximum absolute atomic E-state index is 12.1.